The summed E-state index contributed by atoms with van der Waals surface area (Å²) in [5.74, 6) is 0. The zero-order chi connectivity index (χ0) is 13.7. The van der Waals surface area contributed by atoms with Crippen molar-refractivity contribution in [3.63, 3.8) is 0 Å². The molecular formula is C12H29NO3Si. The third-order valence-electron chi connectivity index (χ3n) is 1.65. The number of hydrogen-bond donors (Lipinski definition) is 1. The van der Waals surface area contributed by atoms with Crippen LogP contribution in [0.2, 0.25) is 6.04 Å². The van der Waals surface area contributed by atoms with Crippen molar-refractivity contribution in [3.05, 3.63) is 0 Å². The highest BCUT2D eigenvalue weighted by atomic mass is 28.4. The SMILES string of the molecule is CC(C)=N.CCC[Si](OCC)(OCC)OCC. The summed E-state index contributed by atoms with van der Waals surface area (Å²) in [6.07, 6.45) is 1.05. The lowest BCUT2D eigenvalue weighted by Crippen LogP contribution is -2.45. The summed E-state index contributed by atoms with van der Waals surface area (Å²) in [4.78, 5) is 0. The maximum atomic E-state index is 6.50. The molecule has 4 nitrogen and oxygen atoms in total. The first-order valence-corrected chi connectivity index (χ1v) is 8.34. The Morgan fingerprint density at radius 2 is 1.18 bits per heavy atom. The molecule has 0 aromatic carbocycles. The summed E-state index contributed by atoms with van der Waals surface area (Å²) in [5, 5.41) is 6.50. The Labute approximate surface area is 108 Å². The van der Waals surface area contributed by atoms with E-state index in [-0.39, 0.29) is 0 Å². The van der Waals surface area contributed by atoms with Crippen molar-refractivity contribution >= 4 is 14.5 Å². The fraction of sp³-hybridized carbons (Fsp3) is 0.917. The Balaban J connectivity index is 0. The van der Waals surface area contributed by atoms with E-state index in [1.807, 2.05) is 20.8 Å². The molecular weight excluding hydrogens is 234 g/mol. The fourth-order valence-corrected chi connectivity index (χ4v) is 3.92. The maximum Gasteiger partial charge on any atom is 0.500 e. The van der Waals surface area contributed by atoms with Gasteiger partial charge in [0.25, 0.3) is 0 Å². The van der Waals surface area contributed by atoms with Crippen LogP contribution < -0.4 is 0 Å². The summed E-state index contributed by atoms with van der Waals surface area (Å²) in [6.45, 7) is 13.6. The second kappa shape index (κ2) is 12.2. The molecule has 5 heteroatoms. The van der Waals surface area contributed by atoms with Crippen molar-refractivity contribution in [1.29, 1.82) is 5.41 Å². The van der Waals surface area contributed by atoms with Gasteiger partial charge in [-0.25, -0.2) is 0 Å². The van der Waals surface area contributed by atoms with Crippen LogP contribution in [0.25, 0.3) is 0 Å². The number of nitrogens with one attached hydrogen (secondary N) is 1. The molecule has 0 saturated heterocycles. The molecule has 0 radical (unpaired) electrons. The minimum atomic E-state index is -2.30. The van der Waals surface area contributed by atoms with Crippen LogP contribution in [-0.2, 0) is 13.3 Å². The quantitative estimate of drug-likeness (QED) is 0.539. The monoisotopic (exact) mass is 263 g/mol. The molecule has 17 heavy (non-hydrogen) atoms. The van der Waals surface area contributed by atoms with Crippen LogP contribution >= 0.6 is 0 Å². The van der Waals surface area contributed by atoms with Gasteiger partial charge < -0.3 is 18.7 Å². The van der Waals surface area contributed by atoms with Crippen LogP contribution in [0.5, 0.6) is 0 Å². The van der Waals surface area contributed by atoms with E-state index in [1.54, 1.807) is 13.8 Å². The van der Waals surface area contributed by atoms with Crippen molar-refractivity contribution in [2.45, 2.75) is 54.0 Å². The Morgan fingerprint density at radius 1 is 0.882 bits per heavy atom. The molecule has 0 saturated carbocycles. The van der Waals surface area contributed by atoms with Gasteiger partial charge in [0.15, 0.2) is 0 Å². The first-order valence-electron chi connectivity index (χ1n) is 6.41. The first kappa shape index (κ1) is 19.1. The van der Waals surface area contributed by atoms with E-state index in [0.29, 0.717) is 25.5 Å². The first-order chi connectivity index (χ1) is 7.97. The van der Waals surface area contributed by atoms with E-state index < -0.39 is 8.80 Å². The normalized spacial score (nSPS) is 10.7. The molecule has 0 unspecified atom stereocenters. The number of hydrogen-bond acceptors (Lipinski definition) is 4. The van der Waals surface area contributed by atoms with Gasteiger partial charge in [0.2, 0.25) is 0 Å². The molecule has 0 atom stereocenters. The highest BCUT2D eigenvalue weighted by Crippen LogP contribution is 2.17. The molecule has 0 heterocycles. The lowest BCUT2D eigenvalue weighted by Gasteiger charge is -2.27. The zero-order valence-corrected chi connectivity index (χ0v) is 13.3. The van der Waals surface area contributed by atoms with Crippen molar-refractivity contribution in [2.24, 2.45) is 0 Å². The van der Waals surface area contributed by atoms with Gasteiger partial charge in [-0.05, 0) is 34.6 Å². The summed E-state index contributed by atoms with van der Waals surface area (Å²) < 4.78 is 16.9. The van der Waals surface area contributed by atoms with Gasteiger partial charge in [0.1, 0.15) is 0 Å². The molecule has 0 rings (SSSR count). The summed E-state index contributed by atoms with van der Waals surface area (Å²) in [6, 6.07) is 0.919. The highest BCUT2D eigenvalue weighted by molar-refractivity contribution is 6.60. The van der Waals surface area contributed by atoms with Crippen LogP contribution in [0.3, 0.4) is 0 Å². The topological polar surface area (TPSA) is 51.5 Å². The highest BCUT2D eigenvalue weighted by Gasteiger charge is 2.38. The minimum absolute atomic E-state index is 0.667. The predicted molar refractivity (Wildman–Crippen MR) is 74.8 cm³/mol. The van der Waals surface area contributed by atoms with Gasteiger partial charge in [-0.1, -0.05) is 13.3 Å². The Hall–Kier alpha value is -0.233. The van der Waals surface area contributed by atoms with E-state index in [1.165, 1.54) is 0 Å². The van der Waals surface area contributed by atoms with E-state index in [4.69, 9.17) is 18.7 Å². The molecule has 0 aliphatic heterocycles. The van der Waals surface area contributed by atoms with Gasteiger partial charge in [-0.2, -0.15) is 0 Å². The van der Waals surface area contributed by atoms with Gasteiger partial charge in [-0.15, -0.1) is 0 Å². The lowest BCUT2D eigenvalue weighted by atomic mass is 10.5. The zero-order valence-electron chi connectivity index (χ0n) is 12.3. The average Bonchev–Trinajstić information content (AvgIpc) is 2.18. The Morgan fingerprint density at radius 3 is 1.35 bits per heavy atom. The molecule has 104 valence electrons. The van der Waals surface area contributed by atoms with Crippen molar-refractivity contribution < 1.29 is 13.3 Å². The molecule has 0 aromatic heterocycles. The van der Waals surface area contributed by atoms with Crippen LogP contribution in [0.4, 0.5) is 0 Å². The van der Waals surface area contributed by atoms with Crippen LogP contribution in [-0.4, -0.2) is 34.3 Å². The van der Waals surface area contributed by atoms with Gasteiger partial charge in [-0.3, -0.25) is 0 Å². The molecule has 0 aliphatic rings. The molecule has 0 spiro atoms. The van der Waals surface area contributed by atoms with Crippen molar-refractivity contribution in [3.8, 4) is 0 Å². The van der Waals surface area contributed by atoms with Gasteiger partial charge >= 0.3 is 8.80 Å². The van der Waals surface area contributed by atoms with Crippen molar-refractivity contribution in [1.82, 2.24) is 0 Å². The predicted octanol–water partition coefficient (Wildman–Crippen LogP) is 3.49. The van der Waals surface area contributed by atoms with E-state index >= 15 is 0 Å². The summed E-state index contributed by atoms with van der Waals surface area (Å²) in [7, 11) is -2.30. The van der Waals surface area contributed by atoms with E-state index in [2.05, 4.69) is 6.92 Å². The molecule has 1 N–H and O–H groups in total. The fourth-order valence-electron chi connectivity index (χ4n) is 1.31. The van der Waals surface area contributed by atoms with Crippen LogP contribution in [0.1, 0.15) is 48.0 Å². The average molecular weight is 263 g/mol. The third kappa shape index (κ3) is 12.0. The largest absolute Gasteiger partial charge is 0.500 e. The summed E-state index contributed by atoms with van der Waals surface area (Å²) >= 11 is 0. The van der Waals surface area contributed by atoms with Crippen molar-refractivity contribution in [2.75, 3.05) is 19.8 Å². The molecule has 0 aliphatic carbocycles. The molecule has 0 aromatic rings. The second-order valence-corrected chi connectivity index (χ2v) is 6.46. The minimum Gasteiger partial charge on any atom is -0.374 e. The standard InChI is InChI=1S/C9H22O3Si.C3H7N/c1-5-9-13(10-6-2,11-7-3)12-8-4;1-3(2)4/h5-9H2,1-4H3;4H,1-2H3. The Kier molecular flexibility index (Phi) is 13.8. The Bertz CT molecular complexity index is 155. The second-order valence-electron chi connectivity index (χ2n) is 3.73. The lowest BCUT2D eigenvalue weighted by molar-refractivity contribution is 0.0712. The maximum absolute atomic E-state index is 6.50. The van der Waals surface area contributed by atoms with Gasteiger partial charge in [0.05, 0.1) is 0 Å². The molecule has 0 bridgehead atoms. The van der Waals surface area contributed by atoms with Crippen LogP contribution in [0.15, 0.2) is 0 Å². The molecule has 0 amide bonds. The van der Waals surface area contributed by atoms with Gasteiger partial charge in [0, 0.05) is 31.6 Å². The third-order valence-corrected chi connectivity index (χ3v) is 4.95. The van der Waals surface area contributed by atoms with Crippen LogP contribution in [0, 0.1) is 5.41 Å². The molecule has 0 fully saturated rings. The number of rotatable bonds is 8. The van der Waals surface area contributed by atoms with E-state index in [9.17, 15) is 0 Å². The smallest absolute Gasteiger partial charge is 0.374 e. The summed E-state index contributed by atoms with van der Waals surface area (Å²) in [5.41, 5.74) is 0.667. The van der Waals surface area contributed by atoms with E-state index in [0.717, 1.165) is 12.5 Å².